The van der Waals surface area contributed by atoms with E-state index in [9.17, 15) is 14.0 Å². The zero-order valence-corrected chi connectivity index (χ0v) is 14.2. The van der Waals surface area contributed by atoms with Gasteiger partial charge in [0, 0.05) is 44.4 Å². The van der Waals surface area contributed by atoms with E-state index in [1.807, 2.05) is 18.3 Å². The van der Waals surface area contributed by atoms with Crippen molar-refractivity contribution in [2.75, 3.05) is 13.6 Å². The zero-order chi connectivity index (χ0) is 17.8. The molecule has 0 spiro atoms. The first-order chi connectivity index (χ1) is 12.1. The van der Waals surface area contributed by atoms with Crippen LogP contribution in [0.1, 0.15) is 17.7 Å². The van der Waals surface area contributed by atoms with Gasteiger partial charge in [0.25, 0.3) is 0 Å². The van der Waals surface area contributed by atoms with Crippen molar-refractivity contribution in [1.29, 1.82) is 0 Å². The predicted molar refractivity (Wildman–Crippen MR) is 92.1 cm³/mol. The molecule has 1 aromatic heterocycles. The number of benzene rings is 1. The van der Waals surface area contributed by atoms with Crippen LogP contribution < -0.4 is 5.32 Å². The quantitative estimate of drug-likeness (QED) is 0.923. The van der Waals surface area contributed by atoms with Crippen molar-refractivity contribution >= 4 is 11.8 Å². The van der Waals surface area contributed by atoms with E-state index in [-0.39, 0.29) is 30.0 Å². The minimum atomic E-state index is -0.365. The molecule has 25 heavy (non-hydrogen) atoms. The smallest absolute Gasteiger partial charge is 0.227 e. The zero-order valence-electron chi connectivity index (χ0n) is 14.2. The van der Waals surface area contributed by atoms with Crippen LogP contribution in [0.3, 0.4) is 0 Å². The largest absolute Gasteiger partial charge is 0.359 e. The molecule has 5 nitrogen and oxygen atoms in total. The van der Waals surface area contributed by atoms with Crippen molar-refractivity contribution in [3.63, 3.8) is 0 Å². The van der Waals surface area contributed by atoms with Crippen LogP contribution >= 0.6 is 0 Å². The summed E-state index contributed by atoms with van der Waals surface area (Å²) >= 11 is 0. The Morgan fingerprint density at radius 1 is 1.20 bits per heavy atom. The van der Waals surface area contributed by atoms with Gasteiger partial charge in [-0.05, 0) is 23.8 Å². The average Bonchev–Trinajstić information content (AvgIpc) is 2.95. The van der Waals surface area contributed by atoms with Crippen LogP contribution in [0.25, 0.3) is 0 Å². The van der Waals surface area contributed by atoms with E-state index < -0.39 is 0 Å². The molecule has 1 N–H and O–H groups in total. The highest BCUT2D eigenvalue weighted by molar-refractivity contribution is 5.79. The average molecular weight is 343 g/mol. The lowest BCUT2D eigenvalue weighted by atomic mass is 10.0. The first-order valence-electron chi connectivity index (χ1n) is 8.42. The molecule has 0 aliphatic carbocycles. The van der Waals surface area contributed by atoms with Gasteiger partial charge < -0.3 is 14.8 Å². The van der Waals surface area contributed by atoms with Crippen molar-refractivity contribution in [1.82, 2.24) is 14.8 Å². The van der Waals surface area contributed by atoms with E-state index in [2.05, 4.69) is 9.88 Å². The van der Waals surface area contributed by atoms with Crippen LogP contribution in [0.2, 0.25) is 0 Å². The van der Waals surface area contributed by atoms with Gasteiger partial charge in [-0.25, -0.2) is 4.39 Å². The minimum absolute atomic E-state index is 0.0261. The molecule has 0 bridgehead atoms. The number of nitrogens with zero attached hydrogens (tertiary/aromatic N) is 2. The number of carbonyl (C=O) groups is 2. The summed E-state index contributed by atoms with van der Waals surface area (Å²) < 4.78 is 15.9. The summed E-state index contributed by atoms with van der Waals surface area (Å²) in [5.74, 6) is -0.502. The Balaban J connectivity index is 1.78. The van der Waals surface area contributed by atoms with E-state index in [1.165, 1.54) is 6.07 Å². The summed E-state index contributed by atoms with van der Waals surface area (Å²) in [7, 11) is 1.61. The second-order valence-corrected chi connectivity index (χ2v) is 6.44. The third-order valence-corrected chi connectivity index (χ3v) is 4.62. The number of halogens is 1. The van der Waals surface area contributed by atoms with Gasteiger partial charge in [-0.3, -0.25) is 9.59 Å². The van der Waals surface area contributed by atoms with Gasteiger partial charge in [0.15, 0.2) is 0 Å². The SMILES string of the molecule is CNC(=O)C[C@@H]1CN(C(=O)Cc2ccccc2F)Cc2cccn2C1. The number of nitrogens with one attached hydrogen (secondary N) is 1. The lowest BCUT2D eigenvalue weighted by Gasteiger charge is -2.24. The van der Waals surface area contributed by atoms with Crippen LogP contribution in [0.15, 0.2) is 42.6 Å². The van der Waals surface area contributed by atoms with Crippen molar-refractivity contribution in [3.05, 3.63) is 59.7 Å². The maximum Gasteiger partial charge on any atom is 0.227 e. The summed E-state index contributed by atoms with van der Waals surface area (Å²) in [6.45, 7) is 1.66. The Labute approximate surface area is 146 Å². The number of aromatic nitrogens is 1. The third-order valence-electron chi connectivity index (χ3n) is 4.62. The molecule has 2 amide bonds. The highest BCUT2D eigenvalue weighted by Crippen LogP contribution is 2.21. The molecule has 1 aromatic carbocycles. The molecule has 0 saturated heterocycles. The van der Waals surface area contributed by atoms with Crippen molar-refractivity contribution in [3.8, 4) is 0 Å². The van der Waals surface area contributed by atoms with Gasteiger partial charge in [0.1, 0.15) is 5.82 Å². The molecule has 132 valence electrons. The molecular weight excluding hydrogens is 321 g/mol. The molecular formula is C19H22FN3O2. The third kappa shape index (κ3) is 4.07. The van der Waals surface area contributed by atoms with Gasteiger partial charge in [-0.2, -0.15) is 0 Å². The normalized spacial score (nSPS) is 16.9. The molecule has 0 radical (unpaired) electrons. The summed E-state index contributed by atoms with van der Waals surface area (Å²) in [6, 6.07) is 10.3. The van der Waals surface area contributed by atoms with Crippen LogP contribution in [0, 0.1) is 11.7 Å². The molecule has 3 rings (SSSR count). The molecule has 2 aromatic rings. The Morgan fingerprint density at radius 2 is 2.00 bits per heavy atom. The van der Waals surface area contributed by atoms with Gasteiger partial charge in [-0.15, -0.1) is 0 Å². The molecule has 1 aliphatic rings. The maximum atomic E-state index is 13.9. The van der Waals surface area contributed by atoms with Gasteiger partial charge in [-0.1, -0.05) is 18.2 Å². The fourth-order valence-electron chi connectivity index (χ4n) is 3.28. The topological polar surface area (TPSA) is 54.3 Å². The molecule has 6 heteroatoms. The lowest BCUT2D eigenvalue weighted by Crippen LogP contribution is -2.36. The van der Waals surface area contributed by atoms with E-state index >= 15 is 0 Å². The van der Waals surface area contributed by atoms with Crippen molar-refractivity contribution < 1.29 is 14.0 Å². The summed E-state index contributed by atoms with van der Waals surface area (Å²) in [5.41, 5.74) is 1.43. The Hall–Kier alpha value is -2.63. The maximum absolute atomic E-state index is 13.9. The number of rotatable bonds is 4. The summed E-state index contributed by atoms with van der Waals surface area (Å²) in [5, 5.41) is 2.64. The Kier molecular flexibility index (Phi) is 5.16. The molecule has 0 unspecified atom stereocenters. The van der Waals surface area contributed by atoms with Crippen LogP contribution in [-0.2, 0) is 29.1 Å². The molecule has 1 aliphatic heterocycles. The highest BCUT2D eigenvalue weighted by atomic mass is 19.1. The fourth-order valence-corrected chi connectivity index (χ4v) is 3.28. The monoisotopic (exact) mass is 343 g/mol. The van der Waals surface area contributed by atoms with E-state index in [4.69, 9.17) is 0 Å². The Bertz CT molecular complexity index is 772. The number of fused-ring (bicyclic) bond motifs is 1. The lowest BCUT2D eigenvalue weighted by molar-refractivity contribution is -0.132. The molecule has 0 saturated carbocycles. The minimum Gasteiger partial charge on any atom is -0.359 e. The predicted octanol–water partition coefficient (Wildman–Crippen LogP) is 1.96. The number of hydrogen-bond donors (Lipinski definition) is 1. The molecule has 2 heterocycles. The first-order valence-corrected chi connectivity index (χ1v) is 8.42. The van der Waals surface area contributed by atoms with Crippen molar-refractivity contribution in [2.45, 2.75) is 25.9 Å². The first kappa shape index (κ1) is 17.2. The highest BCUT2D eigenvalue weighted by Gasteiger charge is 2.26. The van der Waals surface area contributed by atoms with E-state index in [1.54, 1.807) is 30.1 Å². The summed E-state index contributed by atoms with van der Waals surface area (Å²) in [4.78, 5) is 26.3. The van der Waals surface area contributed by atoms with Gasteiger partial charge in [0.2, 0.25) is 11.8 Å². The van der Waals surface area contributed by atoms with E-state index in [0.29, 0.717) is 31.6 Å². The fraction of sp³-hybridized carbons (Fsp3) is 0.368. The number of hydrogen-bond acceptors (Lipinski definition) is 2. The van der Waals surface area contributed by atoms with Gasteiger partial charge >= 0.3 is 0 Å². The molecule has 0 fully saturated rings. The van der Waals surface area contributed by atoms with E-state index in [0.717, 1.165) is 5.69 Å². The second-order valence-electron chi connectivity index (χ2n) is 6.44. The summed E-state index contributed by atoms with van der Waals surface area (Å²) in [6.07, 6.45) is 2.36. The van der Waals surface area contributed by atoms with Crippen LogP contribution in [0.4, 0.5) is 4.39 Å². The van der Waals surface area contributed by atoms with Gasteiger partial charge in [0.05, 0.1) is 13.0 Å². The van der Waals surface area contributed by atoms with Crippen LogP contribution in [-0.4, -0.2) is 34.9 Å². The Morgan fingerprint density at radius 3 is 2.76 bits per heavy atom. The number of amides is 2. The second kappa shape index (κ2) is 7.51. The van der Waals surface area contributed by atoms with Crippen molar-refractivity contribution in [2.24, 2.45) is 5.92 Å². The molecule has 1 atom stereocenters. The standard InChI is InChI=1S/C19H22FN3O2/c1-21-18(24)9-14-11-22-8-4-6-16(22)13-23(12-14)19(25)10-15-5-2-3-7-17(15)20/h2-8,14H,9-13H2,1H3,(H,21,24)/t14-/m0/s1. The number of carbonyl (C=O) groups excluding carboxylic acids is 2. The van der Waals surface area contributed by atoms with Crippen LogP contribution in [0.5, 0.6) is 0 Å².